The molecule has 0 heterocycles. The molecule has 0 atom stereocenters. The predicted octanol–water partition coefficient (Wildman–Crippen LogP) is 2.08. The molecular formula is C10H13NO2. The molecule has 0 bridgehead atoms. The summed E-state index contributed by atoms with van der Waals surface area (Å²) in [4.78, 5) is 10.6. The minimum Gasteiger partial charge on any atom is -0.458 e. The van der Waals surface area contributed by atoms with Crippen LogP contribution in [0.4, 0.5) is 0 Å². The van der Waals surface area contributed by atoms with Crippen molar-refractivity contribution in [3.63, 3.8) is 0 Å². The SMILES string of the molecule is C=CC(=O)OCc1ccccc1.N. The third-order valence-corrected chi connectivity index (χ3v) is 1.39. The Hall–Kier alpha value is -1.61. The van der Waals surface area contributed by atoms with Gasteiger partial charge in [0.05, 0.1) is 0 Å². The van der Waals surface area contributed by atoms with Gasteiger partial charge in [-0.25, -0.2) is 4.79 Å². The third kappa shape index (κ3) is 4.08. The second-order valence-corrected chi connectivity index (χ2v) is 2.30. The number of ether oxygens (including phenoxy) is 1. The van der Waals surface area contributed by atoms with Gasteiger partial charge in [-0.2, -0.15) is 0 Å². The second kappa shape index (κ2) is 5.97. The zero-order chi connectivity index (χ0) is 8.81. The fourth-order valence-corrected chi connectivity index (χ4v) is 0.788. The molecule has 0 unspecified atom stereocenters. The van der Waals surface area contributed by atoms with Gasteiger partial charge in [-0.1, -0.05) is 36.9 Å². The molecule has 0 saturated carbocycles. The van der Waals surface area contributed by atoms with E-state index in [1.165, 1.54) is 0 Å². The smallest absolute Gasteiger partial charge is 0.330 e. The van der Waals surface area contributed by atoms with Gasteiger partial charge >= 0.3 is 5.97 Å². The summed E-state index contributed by atoms with van der Waals surface area (Å²) >= 11 is 0. The zero-order valence-corrected chi connectivity index (χ0v) is 7.40. The van der Waals surface area contributed by atoms with Crippen molar-refractivity contribution < 1.29 is 9.53 Å². The molecule has 1 aromatic rings. The molecule has 3 N–H and O–H groups in total. The summed E-state index contributed by atoms with van der Waals surface area (Å²) in [5, 5.41) is 0. The van der Waals surface area contributed by atoms with E-state index in [1.54, 1.807) is 0 Å². The van der Waals surface area contributed by atoms with Crippen molar-refractivity contribution in [2.75, 3.05) is 0 Å². The number of benzene rings is 1. The molecule has 1 aromatic carbocycles. The maximum atomic E-state index is 10.6. The minimum absolute atomic E-state index is 0. The van der Waals surface area contributed by atoms with Crippen molar-refractivity contribution in [2.24, 2.45) is 0 Å². The van der Waals surface area contributed by atoms with Crippen LogP contribution in [0.15, 0.2) is 43.0 Å². The summed E-state index contributed by atoms with van der Waals surface area (Å²) in [6, 6.07) is 9.51. The number of carbonyl (C=O) groups excluding carboxylic acids is 1. The molecule has 3 nitrogen and oxygen atoms in total. The molecule has 1 rings (SSSR count). The minimum atomic E-state index is -0.390. The number of rotatable bonds is 3. The second-order valence-electron chi connectivity index (χ2n) is 2.30. The summed E-state index contributed by atoms with van der Waals surface area (Å²) in [6.07, 6.45) is 1.16. The van der Waals surface area contributed by atoms with E-state index in [9.17, 15) is 4.79 Å². The molecular weight excluding hydrogens is 166 g/mol. The third-order valence-electron chi connectivity index (χ3n) is 1.39. The Labute approximate surface area is 77.6 Å². The Morgan fingerprint density at radius 1 is 1.38 bits per heavy atom. The normalized spacial score (nSPS) is 8.31. The standard InChI is InChI=1S/C10H10O2.H3N/c1-2-10(11)12-8-9-6-4-3-5-7-9;/h2-7H,1,8H2;1H3. The summed E-state index contributed by atoms with van der Waals surface area (Å²) in [6.45, 7) is 3.61. The fraction of sp³-hybridized carbons (Fsp3) is 0.100. The summed E-state index contributed by atoms with van der Waals surface area (Å²) in [5.41, 5.74) is 0.979. The van der Waals surface area contributed by atoms with Crippen LogP contribution < -0.4 is 6.15 Å². The molecule has 0 radical (unpaired) electrons. The lowest BCUT2D eigenvalue weighted by Gasteiger charge is -2.00. The summed E-state index contributed by atoms with van der Waals surface area (Å²) in [5.74, 6) is -0.390. The van der Waals surface area contributed by atoms with Crippen molar-refractivity contribution in [3.05, 3.63) is 48.6 Å². The lowest BCUT2D eigenvalue weighted by molar-refractivity contribution is -0.138. The maximum Gasteiger partial charge on any atom is 0.330 e. The van der Waals surface area contributed by atoms with E-state index < -0.39 is 0 Å². The number of hydrogen-bond donors (Lipinski definition) is 1. The van der Waals surface area contributed by atoms with E-state index in [4.69, 9.17) is 4.74 Å². The molecule has 0 saturated heterocycles. The van der Waals surface area contributed by atoms with Crippen LogP contribution in [-0.4, -0.2) is 5.97 Å². The van der Waals surface area contributed by atoms with E-state index >= 15 is 0 Å². The van der Waals surface area contributed by atoms with E-state index in [0.29, 0.717) is 6.61 Å². The van der Waals surface area contributed by atoms with Crippen LogP contribution in [0.5, 0.6) is 0 Å². The Morgan fingerprint density at radius 3 is 2.54 bits per heavy atom. The maximum absolute atomic E-state index is 10.6. The van der Waals surface area contributed by atoms with E-state index in [2.05, 4.69) is 6.58 Å². The topological polar surface area (TPSA) is 61.3 Å². The van der Waals surface area contributed by atoms with Gasteiger partial charge in [0.25, 0.3) is 0 Å². The van der Waals surface area contributed by atoms with Crippen molar-refractivity contribution in [2.45, 2.75) is 6.61 Å². The Kier molecular flexibility index (Phi) is 5.23. The molecule has 0 spiro atoms. The first-order chi connectivity index (χ1) is 5.83. The average Bonchev–Trinajstić information content (AvgIpc) is 2.16. The van der Waals surface area contributed by atoms with Crippen LogP contribution in [0.3, 0.4) is 0 Å². The van der Waals surface area contributed by atoms with E-state index in [0.717, 1.165) is 11.6 Å². The van der Waals surface area contributed by atoms with Crippen LogP contribution in [0, 0.1) is 0 Å². The van der Waals surface area contributed by atoms with Crippen molar-refractivity contribution in [3.8, 4) is 0 Å². The number of hydrogen-bond acceptors (Lipinski definition) is 3. The molecule has 0 aliphatic heterocycles. The van der Waals surface area contributed by atoms with Gasteiger partial charge in [0.15, 0.2) is 0 Å². The van der Waals surface area contributed by atoms with Gasteiger partial charge < -0.3 is 10.9 Å². The molecule has 13 heavy (non-hydrogen) atoms. The first-order valence-corrected chi connectivity index (χ1v) is 3.66. The van der Waals surface area contributed by atoms with Gasteiger partial charge in [0, 0.05) is 6.08 Å². The monoisotopic (exact) mass is 179 g/mol. The molecule has 0 aromatic heterocycles. The number of esters is 1. The first-order valence-electron chi connectivity index (χ1n) is 3.66. The Bertz CT molecular complexity index is 270. The molecule has 0 fully saturated rings. The van der Waals surface area contributed by atoms with Crippen LogP contribution in [0.25, 0.3) is 0 Å². The van der Waals surface area contributed by atoms with Gasteiger partial charge in [0.2, 0.25) is 0 Å². The number of carbonyl (C=O) groups is 1. The lowest BCUT2D eigenvalue weighted by atomic mass is 10.2. The predicted molar refractivity (Wildman–Crippen MR) is 51.5 cm³/mol. The summed E-state index contributed by atoms with van der Waals surface area (Å²) < 4.78 is 4.82. The fourth-order valence-electron chi connectivity index (χ4n) is 0.788. The van der Waals surface area contributed by atoms with Crippen LogP contribution >= 0.6 is 0 Å². The summed E-state index contributed by atoms with van der Waals surface area (Å²) in [7, 11) is 0. The Balaban J connectivity index is 0.00000144. The molecule has 3 heteroatoms. The van der Waals surface area contributed by atoms with Crippen LogP contribution in [-0.2, 0) is 16.1 Å². The van der Waals surface area contributed by atoms with Gasteiger partial charge in [0.1, 0.15) is 6.61 Å². The van der Waals surface area contributed by atoms with Crippen molar-refractivity contribution >= 4 is 5.97 Å². The largest absolute Gasteiger partial charge is 0.458 e. The zero-order valence-electron chi connectivity index (χ0n) is 7.40. The van der Waals surface area contributed by atoms with Crippen molar-refractivity contribution in [1.29, 1.82) is 0 Å². The molecule has 70 valence electrons. The highest BCUT2D eigenvalue weighted by molar-refractivity contribution is 5.81. The Morgan fingerprint density at radius 2 is 2.00 bits per heavy atom. The van der Waals surface area contributed by atoms with Crippen LogP contribution in [0.1, 0.15) is 5.56 Å². The van der Waals surface area contributed by atoms with Gasteiger partial charge in [-0.3, -0.25) is 0 Å². The quantitative estimate of drug-likeness (QED) is 0.570. The highest BCUT2D eigenvalue weighted by Gasteiger charge is 1.95. The van der Waals surface area contributed by atoms with Gasteiger partial charge in [-0.05, 0) is 5.56 Å². The molecule has 0 aliphatic rings. The van der Waals surface area contributed by atoms with Gasteiger partial charge in [-0.15, -0.1) is 0 Å². The van der Waals surface area contributed by atoms with Crippen molar-refractivity contribution in [1.82, 2.24) is 6.15 Å². The first kappa shape index (κ1) is 11.4. The lowest BCUT2D eigenvalue weighted by Crippen LogP contribution is -1.99. The molecule has 0 aliphatic carbocycles. The highest BCUT2D eigenvalue weighted by Crippen LogP contribution is 2.00. The molecule has 0 amide bonds. The average molecular weight is 179 g/mol. The van der Waals surface area contributed by atoms with E-state index in [-0.39, 0.29) is 12.1 Å². The van der Waals surface area contributed by atoms with Crippen LogP contribution in [0.2, 0.25) is 0 Å². The van der Waals surface area contributed by atoms with E-state index in [1.807, 2.05) is 30.3 Å². The highest BCUT2D eigenvalue weighted by atomic mass is 16.5.